The number of halogens is 1. The van der Waals surface area contributed by atoms with Crippen molar-refractivity contribution in [1.82, 2.24) is 0 Å². The highest BCUT2D eigenvalue weighted by molar-refractivity contribution is 9.10. The van der Waals surface area contributed by atoms with Crippen molar-refractivity contribution in [1.29, 1.82) is 0 Å². The van der Waals surface area contributed by atoms with Gasteiger partial charge in [0.2, 0.25) is 0 Å². The molecule has 5 heteroatoms. The first-order valence-corrected chi connectivity index (χ1v) is 9.11. The third kappa shape index (κ3) is 3.86. The van der Waals surface area contributed by atoms with Gasteiger partial charge in [-0.1, -0.05) is 48.0 Å². The number of benzene rings is 2. The van der Waals surface area contributed by atoms with Gasteiger partial charge in [0.05, 0.1) is 10.6 Å². The van der Waals surface area contributed by atoms with Gasteiger partial charge < -0.3 is 5.73 Å². The fraction of sp³-hybridized carbons (Fsp3) is 0.250. The maximum Gasteiger partial charge on any atom is 0.182 e. The standard InChI is InChI=1S/C16H18BrNO2S/c1-11(2)12-4-7-15(8-5-12)21(19,20)10-13-3-6-14(18)9-16(13)17/h3-9,11H,10,18H2,1-2H3. The first kappa shape index (κ1) is 16.0. The predicted octanol–water partition coefficient (Wildman–Crippen LogP) is 4.13. The van der Waals surface area contributed by atoms with Crippen molar-refractivity contribution in [2.75, 3.05) is 5.73 Å². The third-order valence-electron chi connectivity index (χ3n) is 3.33. The first-order chi connectivity index (χ1) is 9.79. The summed E-state index contributed by atoms with van der Waals surface area (Å²) in [4.78, 5) is 0.343. The van der Waals surface area contributed by atoms with Crippen LogP contribution in [0.25, 0.3) is 0 Å². The van der Waals surface area contributed by atoms with Crippen LogP contribution < -0.4 is 5.73 Å². The number of hydrogen-bond donors (Lipinski definition) is 1. The predicted molar refractivity (Wildman–Crippen MR) is 90.0 cm³/mol. The number of anilines is 1. The Balaban J connectivity index is 2.29. The number of nitrogens with two attached hydrogens (primary N) is 1. The van der Waals surface area contributed by atoms with Gasteiger partial charge >= 0.3 is 0 Å². The van der Waals surface area contributed by atoms with E-state index < -0.39 is 9.84 Å². The van der Waals surface area contributed by atoms with Gasteiger partial charge in [-0.2, -0.15) is 0 Å². The molecule has 0 bridgehead atoms. The maximum absolute atomic E-state index is 12.5. The molecule has 0 saturated carbocycles. The molecular formula is C16H18BrNO2S. The molecule has 21 heavy (non-hydrogen) atoms. The van der Waals surface area contributed by atoms with Crippen LogP contribution in [-0.4, -0.2) is 8.42 Å². The Morgan fingerprint density at radius 3 is 2.24 bits per heavy atom. The second-order valence-corrected chi connectivity index (χ2v) is 8.18. The largest absolute Gasteiger partial charge is 0.399 e. The fourth-order valence-corrected chi connectivity index (χ4v) is 4.13. The molecule has 2 aromatic carbocycles. The van der Waals surface area contributed by atoms with Crippen LogP contribution in [0.4, 0.5) is 5.69 Å². The monoisotopic (exact) mass is 367 g/mol. The summed E-state index contributed by atoms with van der Waals surface area (Å²) in [6.45, 7) is 4.16. The molecule has 2 aromatic rings. The average molecular weight is 368 g/mol. The number of sulfone groups is 1. The van der Waals surface area contributed by atoms with Crippen LogP contribution >= 0.6 is 15.9 Å². The molecule has 112 valence electrons. The van der Waals surface area contributed by atoms with Crippen molar-refractivity contribution < 1.29 is 8.42 Å². The lowest BCUT2D eigenvalue weighted by Gasteiger charge is -2.09. The molecule has 0 atom stereocenters. The normalized spacial score (nSPS) is 11.8. The smallest absolute Gasteiger partial charge is 0.182 e. The van der Waals surface area contributed by atoms with E-state index in [9.17, 15) is 8.42 Å². The highest BCUT2D eigenvalue weighted by Gasteiger charge is 2.17. The van der Waals surface area contributed by atoms with Crippen molar-refractivity contribution in [2.24, 2.45) is 0 Å². The topological polar surface area (TPSA) is 60.2 Å². The van der Waals surface area contributed by atoms with Crippen molar-refractivity contribution in [3.63, 3.8) is 0 Å². The van der Waals surface area contributed by atoms with E-state index in [4.69, 9.17) is 5.73 Å². The van der Waals surface area contributed by atoms with E-state index in [1.165, 1.54) is 0 Å². The van der Waals surface area contributed by atoms with Crippen LogP contribution in [0.3, 0.4) is 0 Å². The van der Waals surface area contributed by atoms with Gasteiger partial charge in [0.15, 0.2) is 9.84 Å². The molecule has 0 heterocycles. The number of nitrogen functional groups attached to an aromatic ring is 1. The molecule has 0 aromatic heterocycles. The highest BCUT2D eigenvalue weighted by Crippen LogP contribution is 2.25. The van der Waals surface area contributed by atoms with Gasteiger partial charge in [0.1, 0.15) is 0 Å². The number of rotatable bonds is 4. The molecule has 0 spiro atoms. The second kappa shape index (κ2) is 6.20. The third-order valence-corrected chi connectivity index (χ3v) is 5.75. The van der Waals surface area contributed by atoms with Crippen LogP contribution in [0.5, 0.6) is 0 Å². The molecule has 0 unspecified atom stereocenters. The minimum absolute atomic E-state index is 0.0467. The molecule has 0 saturated heterocycles. The van der Waals surface area contributed by atoms with Crippen LogP contribution in [0.1, 0.15) is 30.9 Å². The lowest BCUT2D eigenvalue weighted by Crippen LogP contribution is -2.06. The van der Waals surface area contributed by atoms with Crippen molar-refractivity contribution in [2.45, 2.75) is 30.4 Å². The SMILES string of the molecule is CC(C)c1ccc(S(=O)(=O)Cc2ccc(N)cc2Br)cc1. The van der Waals surface area contributed by atoms with Gasteiger partial charge in [-0.15, -0.1) is 0 Å². The molecule has 2 rings (SSSR count). The fourth-order valence-electron chi connectivity index (χ4n) is 2.03. The van der Waals surface area contributed by atoms with Crippen LogP contribution in [-0.2, 0) is 15.6 Å². The molecule has 3 nitrogen and oxygen atoms in total. The van der Waals surface area contributed by atoms with Crippen molar-refractivity contribution in [3.05, 3.63) is 58.1 Å². The summed E-state index contributed by atoms with van der Waals surface area (Å²) in [5.74, 6) is 0.336. The second-order valence-electron chi connectivity index (χ2n) is 5.33. The molecule has 0 aliphatic carbocycles. The molecular weight excluding hydrogens is 350 g/mol. The van der Waals surface area contributed by atoms with E-state index in [2.05, 4.69) is 29.8 Å². The zero-order valence-electron chi connectivity index (χ0n) is 12.0. The summed E-state index contributed by atoms with van der Waals surface area (Å²) in [6.07, 6.45) is 0. The van der Waals surface area contributed by atoms with Gasteiger partial charge in [-0.25, -0.2) is 8.42 Å². The summed E-state index contributed by atoms with van der Waals surface area (Å²) in [5.41, 5.74) is 8.10. The lowest BCUT2D eigenvalue weighted by molar-refractivity contribution is 0.595. The minimum Gasteiger partial charge on any atom is -0.399 e. The van der Waals surface area contributed by atoms with E-state index >= 15 is 0 Å². The molecule has 2 N–H and O–H groups in total. The molecule has 0 radical (unpaired) electrons. The molecule has 0 aliphatic heterocycles. The zero-order chi connectivity index (χ0) is 15.6. The maximum atomic E-state index is 12.5. The van der Waals surface area contributed by atoms with Crippen LogP contribution in [0.15, 0.2) is 51.8 Å². The average Bonchev–Trinajstić information content (AvgIpc) is 2.42. The number of hydrogen-bond acceptors (Lipinski definition) is 3. The molecule has 0 fully saturated rings. The Morgan fingerprint density at radius 1 is 1.10 bits per heavy atom. The van der Waals surface area contributed by atoms with E-state index in [1.807, 2.05) is 12.1 Å². The van der Waals surface area contributed by atoms with Crippen LogP contribution in [0.2, 0.25) is 0 Å². The van der Waals surface area contributed by atoms with Crippen molar-refractivity contribution in [3.8, 4) is 0 Å². The van der Waals surface area contributed by atoms with Crippen molar-refractivity contribution >= 4 is 31.5 Å². The minimum atomic E-state index is -3.36. The lowest BCUT2D eigenvalue weighted by atomic mass is 10.0. The first-order valence-electron chi connectivity index (χ1n) is 6.66. The van der Waals surface area contributed by atoms with Crippen LogP contribution in [0, 0.1) is 0 Å². The molecule has 0 amide bonds. The Hall–Kier alpha value is -1.33. The van der Waals surface area contributed by atoms with E-state index in [0.29, 0.717) is 26.5 Å². The van der Waals surface area contributed by atoms with E-state index in [0.717, 1.165) is 5.56 Å². The Morgan fingerprint density at radius 2 is 1.71 bits per heavy atom. The zero-order valence-corrected chi connectivity index (χ0v) is 14.4. The molecule has 0 aliphatic rings. The summed E-state index contributed by atoms with van der Waals surface area (Å²) >= 11 is 3.36. The summed E-state index contributed by atoms with van der Waals surface area (Å²) in [5, 5.41) is 0. The summed E-state index contributed by atoms with van der Waals surface area (Å²) in [6, 6.07) is 12.3. The summed E-state index contributed by atoms with van der Waals surface area (Å²) in [7, 11) is -3.36. The van der Waals surface area contributed by atoms with Gasteiger partial charge in [-0.05, 0) is 41.3 Å². The van der Waals surface area contributed by atoms with E-state index in [-0.39, 0.29) is 5.75 Å². The van der Waals surface area contributed by atoms with Gasteiger partial charge in [-0.3, -0.25) is 0 Å². The quantitative estimate of drug-likeness (QED) is 0.826. The Bertz CT molecular complexity index is 737. The van der Waals surface area contributed by atoms with Gasteiger partial charge in [0, 0.05) is 10.2 Å². The van der Waals surface area contributed by atoms with E-state index in [1.54, 1.807) is 30.3 Å². The Kier molecular flexibility index (Phi) is 4.74. The summed E-state index contributed by atoms with van der Waals surface area (Å²) < 4.78 is 25.6. The Labute approximate surface area is 134 Å². The highest BCUT2D eigenvalue weighted by atomic mass is 79.9. The van der Waals surface area contributed by atoms with Gasteiger partial charge in [0.25, 0.3) is 0 Å².